The highest BCUT2D eigenvalue weighted by Gasteiger charge is 2.48. The number of nitrogens with two attached hydrogens (primary N) is 1. The van der Waals surface area contributed by atoms with Crippen molar-refractivity contribution in [1.82, 2.24) is 9.38 Å². The number of hydrogen-bond donors (Lipinski definition) is 1. The Balaban J connectivity index is 1.62. The molecule has 2 aromatic heterocycles. The second-order valence-corrected chi connectivity index (χ2v) is 6.69. The van der Waals surface area contributed by atoms with Crippen LogP contribution in [0, 0.1) is 11.8 Å². The second kappa shape index (κ2) is 3.33. The van der Waals surface area contributed by atoms with E-state index in [1.807, 2.05) is 0 Å². The van der Waals surface area contributed by atoms with Crippen LogP contribution >= 0.6 is 11.3 Å². The summed E-state index contributed by atoms with van der Waals surface area (Å²) in [4.78, 5) is 5.76. The third-order valence-corrected chi connectivity index (χ3v) is 5.45. The summed E-state index contributed by atoms with van der Waals surface area (Å²) >= 11 is 1.69. The number of thiazole rings is 1. The first-order valence-corrected chi connectivity index (χ1v) is 7.31. The number of hydrogen-bond acceptors (Lipinski definition) is 3. The molecule has 3 atom stereocenters. The zero-order chi connectivity index (χ0) is 11.5. The van der Waals surface area contributed by atoms with Gasteiger partial charge < -0.3 is 5.73 Å². The largest absolute Gasteiger partial charge is 0.324 e. The smallest absolute Gasteiger partial charge is 0.193 e. The topological polar surface area (TPSA) is 43.3 Å². The average molecular weight is 247 g/mol. The summed E-state index contributed by atoms with van der Waals surface area (Å²) in [5.74, 6) is 1.64. The summed E-state index contributed by atoms with van der Waals surface area (Å²) in [5, 5.41) is 2.07. The first-order chi connectivity index (χ1) is 8.23. The van der Waals surface area contributed by atoms with Gasteiger partial charge in [-0.05, 0) is 31.1 Å². The van der Waals surface area contributed by atoms with Crippen molar-refractivity contribution in [3.05, 3.63) is 23.5 Å². The second-order valence-electron chi connectivity index (χ2n) is 5.82. The summed E-state index contributed by atoms with van der Waals surface area (Å²) in [5.41, 5.74) is 7.83. The minimum Gasteiger partial charge on any atom is -0.324 e. The maximum absolute atomic E-state index is 6.62. The van der Waals surface area contributed by atoms with E-state index in [0.29, 0.717) is 0 Å². The fourth-order valence-electron chi connectivity index (χ4n) is 3.90. The molecule has 3 unspecified atom stereocenters. The molecule has 90 valence electrons. The lowest BCUT2D eigenvalue weighted by Gasteiger charge is -2.33. The number of imidazole rings is 1. The number of nitrogens with zero attached hydrogens (tertiary/aromatic N) is 2. The first-order valence-electron chi connectivity index (χ1n) is 6.43. The van der Waals surface area contributed by atoms with Crippen LogP contribution in [0.25, 0.3) is 4.96 Å². The van der Waals surface area contributed by atoms with Crippen molar-refractivity contribution >= 4 is 16.3 Å². The molecule has 2 bridgehead atoms. The molecule has 0 amide bonds. The van der Waals surface area contributed by atoms with E-state index in [1.54, 1.807) is 11.3 Å². The molecule has 4 heteroatoms. The predicted molar refractivity (Wildman–Crippen MR) is 69.1 cm³/mol. The van der Waals surface area contributed by atoms with E-state index < -0.39 is 0 Å². The first kappa shape index (κ1) is 10.1. The molecule has 0 aliphatic heterocycles. The molecule has 2 aromatic rings. The molecule has 0 radical (unpaired) electrons. The summed E-state index contributed by atoms with van der Waals surface area (Å²) in [6, 6.07) is 0. The van der Waals surface area contributed by atoms with Crippen LogP contribution in [-0.4, -0.2) is 14.9 Å². The fraction of sp³-hybridized carbons (Fsp3) is 0.615. The molecule has 2 fully saturated rings. The molecular formula is C13H17N3S. The molecule has 0 spiro atoms. The molecule has 2 N–H and O–H groups in total. The minimum absolute atomic E-state index is 0.0347. The van der Waals surface area contributed by atoms with Crippen LogP contribution in [0.3, 0.4) is 0 Å². The van der Waals surface area contributed by atoms with Gasteiger partial charge in [-0.3, -0.25) is 4.40 Å². The Bertz CT molecular complexity index is 529. The van der Waals surface area contributed by atoms with Gasteiger partial charge in [0, 0.05) is 29.7 Å². The maximum atomic E-state index is 6.62. The van der Waals surface area contributed by atoms with E-state index >= 15 is 0 Å². The zero-order valence-corrected chi connectivity index (χ0v) is 10.6. The highest BCUT2D eigenvalue weighted by molar-refractivity contribution is 7.15. The minimum atomic E-state index is 0.0347. The SMILES string of the molecule is NC1(Cc2cn3ccsc3n2)CC2CCC1C2. The predicted octanol–water partition coefficient (Wildman–Crippen LogP) is 2.46. The number of fused-ring (bicyclic) bond motifs is 3. The standard InChI is InChI=1S/C13H17N3S/c14-13(6-9-1-2-10(13)5-9)7-11-8-16-3-4-17-12(16)15-11/h3-4,8-10H,1-2,5-7,14H2. The maximum Gasteiger partial charge on any atom is 0.193 e. The lowest BCUT2D eigenvalue weighted by atomic mass is 9.79. The van der Waals surface area contributed by atoms with E-state index in [-0.39, 0.29) is 5.54 Å². The van der Waals surface area contributed by atoms with Crippen molar-refractivity contribution < 1.29 is 0 Å². The van der Waals surface area contributed by atoms with Crippen LogP contribution in [0.1, 0.15) is 31.4 Å². The summed E-state index contributed by atoms with van der Waals surface area (Å²) in [7, 11) is 0. The summed E-state index contributed by atoms with van der Waals surface area (Å²) in [6.45, 7) is 0. The van der Waals surface area contributed by atoms with Gasteiger partial charge in [0.2, 0.25) is 0 Å². The van der Waals surface area contributed by atoms with Crippen LogP contribution in [0.4, 0.5) is 0 Å². The van der Waals surface area contributed by atoms with Gasteiger partial charge in [0.25, 0.3) is 0 Å². The van der Waals surface area contributed by atoms with Gasteiger partial charge in [0.1, 0.15) is 0 Å². The molecule has 0 saturated heterocycles. The Morgan fingerprint density at radius 1 is 1.53 bits per heavy atom. The molecule has 2 aliphatic carbocycles. The lowest BCUT2D eigenvalue weighted by Crippen LogP contribution is -2.47. The molecular weight excluding hydrogens is 230 g/mol. The Labute approximate surface area is 105 Å². The van der Waals surface area contributed by atoms with E-state index in [9.17, 15) is 0 Å². The average Bonchev–Trinajstić information content (AvgIpc) is 2.94. The van der Waals surface area contributed by atoms with Crippen molar-refractivity contribution in [3.63, 3.8) is 0 Å². The molecule has 3 nitrogen and oxygen atoms in total. The van der Waals surface area contributed by atoms with Crippen molar-refractivity contribution in [2.24, 2.45) is 17.6 Å². The third kappa shape index (κ3) is 1.47. The summed E-state index contributed by atoms with van der Waals surface area (Å²) in [6.07, 6.45) is 10.5. The van der Waals surface area contributed by atoms with Gasteiger partial charge in [-0.25, -0.2) is 4.98 Å². The Hall–Kier alpha value is -0.870. The Kier molecular flexibility index (Phi) is 1.97. The van der Waals surface area contributed by atoms with Crippen molar-refractivity contribution in [3.8, 4) is 0 Å². The molecule has 0 aromatic carbocycles. The Morgan fingerprint density at radius 3 is 3.18 bits per heavy atom. The highest BCUT2D eigenvalue weighted by atomic mass is 32.1. The Morgan fingerprint density at radius 2 is 2.47 bits per heavy atom. The van der Waals surface area contributed by atoms with Crippen LogP contribution < -0.4 is 5.73 Å². The molecule has 4 rings (SSSR count). The highest BCUT2D eigenvalue weighted by Crippen LogP contribution is 2.50. The van der Waals surface area contributed by atoms with Crippen molar-refractivity contribution in [1.29, 1.82) is 0 Å². The molecule has 2 saturated carbocycles. The van der Waals surface area contributed by atoms with Gasteiger partial charge in [0.05, 0.1) is 5.69 Å². The zero-order valence-electron chi connectivity index (χ0n) is 9.80. The van der Waals surface area contributed by atoms with Crippen LogP contribution in [-0.2, 0) is 6.42 Å². The number of rotatable bonds is 2. The fourth-order valence-corrected chi connectivity index (χ4v) is 4.62. The van der Waals surface area contributed by atoms with E-state index in [4.69, 9.17) is 5.73 Å². The monoisotopic (exact) mass is 247 g/mol. The number of aromatic nitrogens is 2. The lowest BCUT2D eigenvalue weighted by molar-refractivity contribution is 0.268. The van der Waals surface area contributed by atoms with Crippen LogP contribution in [0.15, 0.2) is 17.8 Å². The quantitative estimate of drug-likeness (QED) is 0.886. The van der Waals surface area contributed by atoms with Gasteiger partial charge in [-0.1, -0.05) is 6.42 Å². The summed E-state index contributed by atoms with van der Waals surface area (Å²) < 4.78 is 2.11. The normalized spacial score (nSPS) is 36.1. The molecule has 17 heavy (non-hydrogen) atoms. The van der Waals surface area contributed by atoms with Gasteiger partial charge in [0.15, 0.2) is 4.96 Å². The van der Waals surface area contributed by atoms with E-state index in [1.165, 1.54) is 31.4 Å². The van der Waals surface area contributed by atoms with E-state index in [2.05, 4.69) is 27.2 Å². The van der Waals surface area contributed by atoms with Crippen LogP contribution in [0.5, 0.6) is 0 Å². The third-order valence-electron chi connectivity index (χ3n) is 4.68. The van der Waals surface area contributed by atoms with Gasteiger partial charge in [-0.2, -0.15) is 0 Å². The van der Waals surface area contributed by atoms with E-state index in [0.717, 1.165) is 23.2 Å². The van der Waals surface area contributed by atoms with Gasteiger partial charge >= 0.3 is 0 Å². The van der Waals surface area contributed by atoms with Gasteiger partial charge in [-0.15, -0.1) is 11.3 Å². The van der Waals surface area contributed by atoms with Crippen molar-refractivity contribution in [2.45, 2.75) is 37.6 Å². The molecule has 2 aliphatic rings. The van der Waals surface area contributed by atoms with Crippen LogP contribution in [0.2, 0.25) is 0 Å². The van der Waals surface area contributed by atoms with Crippen molar-refractivity contribution in [2.75, 3.05) is 0 Å². The molecule has 2 heterocycles.